The molecule has 3 rings (SSSR count). The van der Waals surface area contributed by atoms with E-state index in [0.717, 1.165) is 6.08 Å². The highest BCUT2D eigenvalue weighted by Gasteiger charge is 2.18. The van der Waals surface area contributed by atoms with E-state index in [2.05, 4.69) is 32.2 Å². The van der Waals surface area contributed by atoms with Gasteiger partial charge in [0.25, 0.3) is 0 Å². The number of nitrogens with zero attached hydrogens (tertiary/aromatic N) is 3. The Morgan fingerprint density at radius 2 is 2.22 bits per heavy atom. The van der Waals surface area contributed by atoms with Gasteiger partial charge in [-0.05, 0) is 24.3 Å². The van der Waals surface area contributed by atoms with Crippen LogP contribution in [0.2, 0.25) is 5.02 Å². The number of carbonyl (C=O) groups is 1. The summed E-state index contributed by atoms with van der Waals surface area (Å²) in [5, 5.41) is 5.53. The van der Waals surface area contributed by atoms with Gasteiger partial charge in [-0.3, -0.25) is 4.79 Å². The quantitative estimate of drug-likeness (QED) is 0.555. The molecule has 3 aromatic rings. The molecular weight excluding hydrogens is 375 g/mol. The van der Waals surface area contributed by atoms with E-state index in [1.807, 2.05) is 0 Å². The zero-order valence-electron chi connectivity index (χ0n) is 13.9. The van der Waals surface area contributed by atoms with Crippen LogP contribution < -0.4 is 16.4 Å². The van der Waals surface area contributed by atoms with Crippen molar-refractivity contribution in [3.63, 3.8) is 0 Å². The number of nitrogens with one attached hydrogen (secondary N) is 2. The van der Waals surface area contributed by atoms with E-state index in [1.165, 1.54) is 30.8 Å². The lowest BCUT2D eigenvalue weighted by atomic mass is 10.2. The third kappa shape index (κ3) is 4.21. The Morgan fingerprint density at radius 1 is 1.41 bits per heavy atom. The molecule has 2 heterocycles. The summed E-state index contributed by atoms with van der Waals surface area (Å²) in [5.41, 5.74) is 7.24. The van der Waals surface area contributed by atoms with E-state index in [0.29, 0.717) is 22.8 Å². The van der Waals surface area contributed by atoms with E-state index >= 15 is 0 Å². The molecule has 0 aliphatic carbocycles. The first-order valence-corrected chi connectivity index (χ1v) is 8.03. The van der Waals surface area contributed by atoms with E-state index < -0.39 is 5.82 Å². The second-order valence-electron chi connectivity index (χ2n) is 5.30. The first kappa shape index (κ1) is 18.3. The molecule has 0 atom stereocenters. The number of hydrogen-bond donors (Lipinski definition) is 3. The minimum absolute atomic E-state index is 0.0417. The average molecular weight is 389 g/mol. The van der Waals surface area contributed by atoms with Gasteiger partial charge in [-0.2, -0.15) is 0 Å². The van der Waals surface area contributed by atoms with Crippen LogP contribution in [0.15, 0.2) is 47.9 Å². The fraction of sp³-hybridized carbons (Fsp3) is 0.0588. The molecule has 1 aromatic carbocycles. The number of halogens is 2. The van der Waals surface area contributed by atoms with Crippen LogP contribution >= 0.6 is 11.6 Å². The molecule has 0 aliphatic rings. The number of nitrogens with two attached hydrogens (primary N) is 1. The number of amides is 1. The highest BCUT2D eigenvalue weighted by atomic mass is 35.5. The molecule has 0 aliphatic heterocycles. The molecular formula is C17H14ClFN6O2. The molecule has 2 aromatic heterocycles. The molecule has 0 radical (unpaired) electrons. The van der Waals surface area contributed by atoms with Gasteiger partial charge >= 0.3 is 0 Å². The molecule has 138 valence electrons. The average Bonchev–Trinajstić information content (AvgIpc) is 3.11. The first-order chi connectivity index (χ1) is 13.0. The lowest BCUT2D eigenvalue weighted by Crippen LogP contribution is -2.20. The number of anilines is 3. The number of aromatic nitrogens is 3. The molecule has 8 nitrogen and oxygen atoms in total. The Morgan fingerprint density at radius 3 is 2.96 bits per heavy atom. The van der Waals surface area contributed by atoms with Gasteiger partial charge in [0.15, 0.2) is 0 Å². The third-order valence-corrected chi connectivity index (χ3v) is 3.74. The predicted molar refractivity (Wildman–Crippen MR) is 98.7 cm³/mol. The Kier molecular flexibility index (Phi) is 5.32. The van der Waals surface area contributed by atoms with E-state index in [9.17, 15) is 9.18 Å². The van der Waals surface area contributed by atoms with Crippen LogP contribution in [0, 0.1) is 5.82 Å². The number of nitrogen functional groups attached to an aromatic ring is 1. The summed E-state index contributed by atoms with van der Waals surface area (Å²) < 4.78 is 18.8. The van der Waals surface area contributed by atoms with Crippen molar-refractivity contribution >= 4 is 34.8 Å². The third-order valence-electron chi connectivity index (χ3n) is 3.45. The SMILES string of the molecule is C=CC(=O)NCc1coc(-c2c(N)ncnc2Nc2ccc(F)c(Cl)c2)n1. The number of oxazole rings is 1. The fourth-order valence-corrected chi connectivity index (χ4v) is 2.35. The molecule has 0 bridgehead atoms. The van der Waals surface area contributed by atoms with Crippen LogP contribution in [0.5, 0.6) is 0 Å². The van der Waals surface area contributed by atoms with Gasteiger partial charge in [0.2, 0.25) is 11.8 Å². The van der Waals surface area contributed by atoms with Crippen LogP contribution in [0.25, 0.3) is 11.5 Å². The summed E-state index contributed by atoms with van der Waals surface area (Å²) in [6, 6.07) is 4.13. The van der Waals surface area contributed by atoms with Gasteiger partial charge in [-0.1, -0.05) is 18.2 Å². The largest absolute Gasteiger partial charge is 0.444 e. The second kappa shape index (κ2) is 7.83. The molecule has 10 heteroatoms. The zero-order chi connectivity index (χ0) is 19.4. The molecule has 0 fully saturated rings. The highest BCUT2D eigenvalue weighted by Crippen LogP contribution is 2.32. The van der Waals surface area contributed by atoms with Crippen molar-refractivity contribution < 1.29 is 13.6 Å². The number of benzene rings is 1. The maximum atomic E-state index is 13.3. The summed E-state index contributed by atoms with van der Waals surface area (Å²) >= 11 is 5.80. The van der Waals surface area contributed by atoms with Crippen molar-refractivity contribution in [2.75, 3.05) is 11.1 Å². The summed E-state index contributed by atoms with van der Waals surface area (Å²) in [6.07, 6.45) is 3.80. The van der Waals surface area contributed by atoms with Gasteiger partial charge in [-0.15, -0.1) is 0 Å². The second-order valence-corrected chi connectivity index (χ2v) is 5.71. The van der Waals surface area contributed by atoms with Gasteiger partial charge in [-0.25, -0.2) is 19.3 Å². The predicted octanol–water partition coefficient (Wildman–Crippen LogP) is 3.05. The fourth-order valence-electron chi connectivity index (χ4n) is 2.17. The van der Waals surface area contributed by atoms with Crippen molar-refractivity contribution in [3.05, 3.63) is 60.0 Å². The van der Waals surface area contributed by atoms with Crippen molar-refractivity contribution in [1.29, 1.82) is 0 Å². The van der Waals surface area contributed by atoms with Crippen LogP contribution in [-0.2, 0) is 11.3 Å². The van der Waals surface area contributed by atoms with Crippen molar-refractivity contribution in [2.24, 2.45) is 0 Å². The molecule has 0 saturated carbocycles. The van der Waals surface area contributed by atoms with E-state index in [4.69, 9.17) is 21.8 Å². The molecule has 0 saturated heterocycles. The van der Waals surface area contributed by atoms with Gasteiger partial charge in [0, 0.05) is 5.69 Å². The molecule has 4 N–H and O–H groups in total. The maximum Gasteiger partial charge on any atom is 0.243 e. The Balaban J connectivity index is 1.89. The van der Waals surface area contributed by atoms with Crippen LogP contribution in [0.1, 0.15) is 5.69 Å². The Hall–Kier alpha value is -3.46. The smallest absolute Gasteiger partial charge is 0.243 e. The van der Waals surface area contributed by atoms with Crippen molar-refractivity contribution in [2.45, 2.75) is 6.54 Å². The van der Waals surface area contributed by atoms with Gasteiger partial charge < -0.3 is 20.8 Å². The topological polar surface area (TPSA) is 119 Å². The van der Waals surface area contributed by atoms with Crippen LogP contribution in [-0.4, -0.2) is 20.9 Å². The Labute approximate surface area is 158 Å². The van der Waals surface area contributed by atoms with Crippen LogP contribution in [0.3, 0.4) is 0 Å². The maximum absolute atomic E-state index is 13.3. The number of carbonyl (C=O) groups excluding carboxylic acids is 1. The number of rotatable bonds is 6. The van der Waals surface area contributed by atoms with Gasteiger partial charge in [0.05, 0.1) is 17.3 Å². The molecule has 1 amide bonds. The summed E-state index contributed by atoms with van der Waals surface area (Å²) in [7, 11) is 0. The van der Waals surface area contributed by atoms with Crippen molar-refractivity contribution in [1.82, 2.24) is 20.3 Å². The van der Waals surface area contributed by atoms with E-state index in [1.54, 1.807) is 0 Å². The minimum Gasteiger partial charge on any atom is -0.444 e. The monoisotopic (exact) mass is 388 g/mol. The summed E-state index contributed by atoms with van der Waals surface area (Å²) in [4.78, 5) is 23.6. The van der Waals surface area contributed by atoms with E-state index in [-0.39, 0.29) is 29.2 Å². The standard InChI is InChI=1S/C17H14ClFN6O2/c1-2-13(26)21-6-10-7-27-17(25-10)14-15(20)22-8-23-16(14)24-9-3-4-12(19)11(18)5-9/h2-5,7-8H,1,6H2,(H,21,26)(H3,20,22,23,24). The minimum atomic E-state index is -0.538. The highest BCUT2D eigenvalue weighted by molar-refractivity contribution is 6.31. The molecule has 0 spiro atoms. The van der Waals surface area contributed by atoms with Crippen molar-refractivity contribution in [3.8, 4) is 11.5 Å². The lowest BCUT2D eigenvalue weighted by molar-refractivity contribution is -0.116. The summed E-state index contributed by atoms with van der Waals surface area (Å²) in [5.74, 6) is -0.286. The summed E-state index contributed by atoms with van der Waals surface area (Å²) in [6.45, 7) is 3.52. The Bertz CT molecular complexity index is 1010. The lowest BCUT2D eigenvalue weighted by Gasteiger charge is -2.10. The van der Waals surface area contributed by atoms with Crippen LogP contribution in [0.4, 0.5) is 21.7 Å². The van der Waals surface area contributed by atoms with Gasteiger partial charge in [0.1, 0.15) is 35.6 Å². The zero-order valence-corrected chi connectivity index (χ0v) is 14.6. The molecule has 27 heavy (non-hydrogen) atoms. The normalized spacial score (nSPS) is 10.4. The number of hydrogen-bond acceptors (Lipinski definition) is 7. The molecule has 0 unspecified atom stereocenters. The first-order valence-electron chi connectivity index (χ1n) is 7.65.